The molecule has 0 saturated carbocycles. The quantitative estimate of drug-likeness (QED) is 0.921. The van der Waals surface area contributed by atoms with E-state index in [0.717, 1.165) is 0 Å². The number of rotatable bonds is 5. The normalized spacial score (nSPS) is 11.8. The predicted octanol–water partition coefficient (Wildman–Crippen LogP) is 2.41. The number of ether oxygens (including phenoxy) is 1. The van der Waals surface area contributed by atoms with Crippen molar-refractivity contribution in [3.63, 3.8) is 0 Å². The molecule has 2 aromatic rings. The summed E-state index contributed by atoms with van der Waals surface area (Å²) in [7, 11) is 1.57. The zero-order valence-electron chi connectivity index (χ0n) is 13.3. The van der Waals surface area contributed by atoms with Crippen LogP contribution in [-0.2, 0) is 7.05 Å². The first-order chi connectivity index (χ1) is 10.9. The Balaban J connectivity index is 2.13. The first-order valence-electron chi connectivity index (χ1n) is 7.32. The van der Waals surface area contributed by atoms with E-state index in [1.54, 1.807) is 33.0 Å². The molecule has 1 amide bonds. The molecule has 2 rings (SSSR count). The van der Waals surface area contributed by atoms with Gasteiger partial charge in [0, 0.05) is 19.3 Å². The highest BCUT2D eigenvalue weighted by molar-refractivity contribution is 5.94. The highest BCUT2D eigenvalue weighted by Crippen LogP contribution is 2.22. The highest BCUT2D eigenvalue weighted by Gasteiger charge is 2.14. The molecule has 0 fully saturated rings. The molecule has 5 nitrogen and oxygen atoms in total. The van der Waals surface area contributed by atoms with Gasteiger partial charge in [0.1, 0.15) is 0 Å². The second kappa shape index (κ2) is 7.09. The van der Waals surface area contributed by atoms with E-state index in [-0.39, 0.29) is 23.3 Å². The SMILES string of the molecule is CCOc1ccc([C@@H](C)NC(=O)c2ccc(=O)n(C)c2)cc1F. The Bertz CT molecular complexity index is 771. The maximum absolute atomic E-state index is 13.9. The summed E-state index contributed by atoms with van der Waals surface area (Å²) in [4.78, 5) is 23.5. The highest BCUT2D eigenvalue weighted by atomic mass is 19.1. The Hall–Kier alpha value is -2.63. The van der Waals surface area contributed by atoms with Crippen LogP contribution in [0.25, 0.3) is 0 Å². The number of hydrogen-bond acceptors (Lipinski definition) is 3. The lowest BCUT2D eigenvalue weighted by molar-refractivity contribution is 0.0939. The molecule has 0 aliphatic heterocycles. The summed E-state index contributed by atoms with van der Waals surface area (Å²) in [5.41, 5.74) is 0.803. The Labute approximate surface area is 133 Å². The molecule has 1 aromatic heterocycles. The molecule has 0 unspecified atom stereocenters. The number of amides is 1. The van der Waals surface area contributed by atoms with Gasteiger partial charge in [0.2, 0.25) is 5.56 Å². The number of carbonyl (C=O) groups excluding carboxylic acids is 1. The zero-order valence-corrected chi connectivity index (χ0v) is 13.3. The average Bonchev–Trinajstić information content (AvgIpc) is 2.52. The van der Waals surface area contributed by atoms with E-state index in [0.29, 0.717) is 17.7 Å². The van der Waals surface area contributed by atoms with Crippen LogP contribution in [0.2, 0.25) is 0 Å². The van der Waals surface area contributed by atoms with Gasteiger partial charge in [-0.2, -0.15) is 0 Å². The largest absolute Gasteiger partial charge is 0.491 e. The van der Waals surface area contributed by atoms with Crippen molar-refractivity contribution in [2.75, 3.05) is 6.61 Å². The molecule has 0 aliphatic rings. The Morgan fingerprint density at radius 1 is 1.35 bits per heavy atom. The lowest BCUT2D eigenvalue weighted by Gasteiger charge is -2.15. The molecule has 6 heteroatoms. The van der Waals surface area contributed by atoms with Crippen LogP contribution in [-0.4, -0.2) is 17.1 Å². The molecule has 23 heavy (non-hydrogen) atoms. The van der Waals surface area contributed by atoms with Gasteiger partial charge in [-0.25, -0.2) is 4.39 Å². The molecule has 1 N–H and O–H groups in total. The van der Waals surface area contributed by atoms with Crippen molar-refractivity contribution in [3.05, 3.63) is 63.8 Å². The average molecular weight is 318 g/mol. The zero-order chi connectivity index (χ0) is 17.0. The van der Waals surface area contributed by atoms with Crippen LogP contribution in [0, 0.1) is 5.82 Å². The molecule has 1 heterocycles. The fraction of sp³-hybridized carbons (Fsp3) is 0.294. The van der Waals surface area contributed by atoms with Gasteiger partial charge in [0.15, 0.2) is 11.6 Å². The third-order valence-electron chi connectivity index (χ3n) is 3.45. The van der Waals surface area contributed by atoms with Gasteiger partial charge in [-0.1, -0.05) is 6.07 Å². The molecule has 0 bridgehead atoms. The Morgan fingerprint density at radius 2 is 2.09 bits per heavy atom. The summed E-state index contributed by atoms with van der Waals surface area (Å²) in [5.74, 6) is -0.609. The van der Waals surface area contributed by atoms with Crippen molar-refractivity contribution in [3.8, 4) is 5.75 Å². The number of benzene rings is 1. The number of hydrogen-bond donors (Lipinski definition) is 1. The third-order valence-corrected chi connectivity index (χ3v) is 3.45. The van der Waals surface area contributed by atoms with Crippen molar-refractivity contribution >= 4 is 5.91 Å². The summed E-state index contributed by atoms with van der Waals surface area (Å²) in [6.07, 6.45) is 1.46. The summed E-state index contributed by atoms with van der Waals surface area (Å²) in [5, 5.41) is 2.78. The van der Waals surface area contributed by atoms with Gasteiger partial charge in [-0.3, -0.25) is 9.59 Å². The van der Waals surface area contributed by atoms with E-state index in [9.17, 15) is 14.0 Å². The van der Waals surface area contributed by atoms with Gasteiger partial charge in [0.05, 0.1) is 18.2 Å². The van der Waals surface area contributed by atoms with Crippen LogP contribution in [0.1, 0.15) is 35.8 Å². The van der Waals surface area contributed by atoms with E-state index in [1.165, 1.54) is 29.0 Å². The lowest BCUT2D eigenvalue weighted by atomic mass is 10.1. The van der Waals surface area contributed by atoms with Crippen LogP contribution in [0.4, 0.5) is 4.39 Å². The standard InChI is InChI=1S/C17H19FN2O3/c1-4-23-15-7-5-12(9-14(15)18)11(2)19-17(22)13-6-8-16(21)20(3)10-13/h5-11H,4H2,1-3H3,(H,19,22)/t11-/m1/s1. The molecule has 122 valence electrons. The summed E-state index contributed by atoms with van der Waals surface area (Å²) >= 11 is 0. The lowest BCUT2D eigenvalue weighted by Crippen LogP contribution is -2.28. The molecular weight excluding hydrogens is 299 g/mol. The third kappa shape index (κ3) is 3.97. The van der Waals surface area contributed by atoms with Crippen molar-refractivity contribution in [2.24, 2.45) is 7.05 Å². The topological polar surface area (TPSA) is 60.3 Å². The van der Waals surface area contributed by atoms with Crippen LogP contribution >= 0.6 is 0 Å². The second-order valence-corrected chi connectivity index (χ2v) is 5.18. The molecule has 1 aromatic carbocycles. The van der Waals surface area contributed by atoms with Crippen molar-refractivity contribution in [1.29, 1.82) is 0 Å². The van der Waals surface area contributed by atoms with Crippen LogP contribution in [0.3, 0.4) is 0 Å². The molecule has 0 spiro atoms. The number of nitrogens with one attached hydrogen (secondary N) is 1. The number of nitrogens with zero attached hydrogens (tertiary/aromatic N) is 1. The maximum Gasteiger partial charge on any atom is 0.253 e. The number of aryl methyl sites for hydroxylation is 1. The minimum Gasteiger partial charge on any atom is -0.491 e. The Morgan fingerprint density at radius 3 is 2.70 bits per heavy atom. The fourth-order valence-corrected chi connectivity index (χ4v) is 2.15. The van der Waals surface area contributed by atoms with Gasteiger partial charge < -0.3 is 14.6 Å². The summed E-state index contributed by atoms with van der Waals surface area (Å²) in [6.45, 7) is 3.92. The van der Waals surface area contributed by atoms with Crippen LogP contribution in [0.15, 0.2) is 41.3 Å². The first-order valence-corrected chi connectivity index (χ1v) is 7.32. The van der Waals surface area contributed by atoms with Gasteiger partial charge in [-0.15, -0.1) is 0 Å². The molecule has 0 radical (unpaired) electrons. The maximum atomic E-state index is 13.9. The summed E-state index contributed by atoms with van der Waals surface area (Å²) in [6, 6.07) is 7.00. The molecule has 0 aliphatic carbocycles. The molecule has 1 atom stereocenters. The Kier molecular flexibility index (Phi) is 5.16. The summed E-state index contributed by atoms with van der Waals surface area (Å²) < 4.78 is 20.4. The smallest absolute Gasteiger partial charge is 0.253 e. The van der Waals surface area contributed by atoms with E-state index in [1.807, 2.05) is 0 Å². The van der Waals surface area contributed by atoms with Crippen LogP contribution < -0.4 is 15.6 Å². The van der Waals surface area contributed by atoms with Gasteiger partial charge >= 0.3 is 0 Å². The number of aromatic nitrogens is 1. The minimum atomic E-state index is -0.465. The monoisotopic (exact) mass is 318 g/mol. The first kappa shape index (κ1) is 16.7. The van der Waals surface area contributed by atoms with Gasteiger partial charge in [-0.05, 0) is 37.6 Å². The molecule has 0 saturated heterocycles. The van der Waals surface area contributed by atoms with Gasteiger partial charge in [0.25, 0.3) is 5.91 Å². The van der Waals surface area contributed by atoms with E-state index in [4.69, 9.17) is 4.74 Å². The number of pyridine rings is 1. The van der Waals surface area contributed by atoms with Crippen molar-refractivity contribution in [1.82, 2.24) is 9.88 Å². The fourth-order valence-electron chi connectivity index (χ4n) is 2.15. The van der Waals surface area contributed by atoms with Crippen molar-refractivity contribution in [2.45, 2.75) is 19.9 Å². The van der Waals surface area contributed by atoms with E-state index < -0.39 is 5.82 Å². The second-order valence-electron chi connectivity index (χ2n) is 5.18. The van der Waals surface area contributed by atoms with E-state index in [2.05, 4.69) is 5.32 Å². The van der Waals surface area contributed by atoms with E-state index >= 15 is 0 Å². The molecular formula is C17H19FN2O3. The minimum absolute atomic E-state index is 0.188. The number of halogens is 1. The van der Waals surface area contributed by atoms with Crippen molar-refractivity contribution < 1.29 is 13.9 Å². The number of carbonyl (C=O) groups is 1. The van der Waals surface area contributed by atoms with Crippen LogP contribution in [0.5, 0.6) is 5.75 Å². The predicted molar refractivity (Wildman–Crippen MR) is 85.1 cm³/mol.